The zero-order chi connectivity index (χ0) is 16.4. The molecule has 0 amide bonds. The van der Waals surface area contributed by atoms with Crippen LogP contribution >= 0.6 is 0 Å². The average Bonchev–Trinajstić information content (AvgIpc) is 2.48. The number of hydrogen-bond acceptors (Lipinski definition) is 5. The highest BCUT2D eigenvalue weighted by Gasteiger charge is 2.34. The number of benzene rings is 1. The van der Waals surface area contributed by atoms with Crippen molar-refractivity contribution >= 4 is 11.9 Å². The summed E-state index contributed by atoms with van der Waals surface area (Å²) in [6.07, 6.45) is 0.715. The predicted octanol–water partition coefficient (Wildman–Crippen LogP) is 2.09. The third-order valence-electron chi connectivity index (χ3n) is 3.28. The fraction of sp³-hybridized carbons (Fsp3) is 0.529. The van der Waals surface area contributed by atoms with Gasteiger partial charge in [0.15, 0.2) is 0 Å². The summed E-state index contributed by atoms with van der Waals surface area (Å²) in [5.41, 5.74) is 0.158. The average molecular weight is 307 g/mol. The van der Waals surface area contributed by atoms with E-state index in [1.54, 1.807) is 20.8 Å². The molecule has 5 nitrogen and oxygen atoms in total. The first-order valence-electron chi connectivity index (χ1n) is 7.63. The quantitative estimate of drug-likeness (QED) is 0.708. The van der Waals surface area contributed by atoms with Gasteiger partial charge in [-0.3, -0.25) is 9.59 Å². The lowest BCUT2D eigenvalue weighted by molar-refractivity contribution is -0.151. The van der Waals surface area contributed by atoms with Crippen LogP contribution in [0.2, 0.25) is 0 Å². The molecule has 0 bridgehead atoms. The summed E-state index contributed by atoms with van der Waals surface area (Å²) in [6.45, 7) is 6.38. The number of esters is 2. The summed E-state index contributed by atoms with van der Waals surface area (Å²) >= 11 is 0. The van der Waals surface area contributed by atoms with Crippen molar-refractivity contribution in [1.82, 2.24) is 5.32 Å². The lowest BCUT2D eigenvalue weighted by atomic mass is 9.92. The number of hydrogen-bond donors (Lipinski definition) is 1. The zero-order valence-corrected chi connectivity index (χ0v) is 13.6. The van der Waals surface area contributed by atoms with Gasteiger partial charge in [-0.1, -0.05) is 30.3 Å². The van der Waals surface area contributed by atoms with E-state index in [-0.39, 0.29) is 18.4 Å². The van der Waals surface area contributed by atoms with Crippen molar-refractivity contribution in [2.45, 2.75) is 39.2 Å². The molecule has 0 aliphatic heterocycles. The van der Waals surface area contributed by atoms with E-state index in [0.717, 1.165) is 5.56 Å². The van der Waals surface area contributed by atoms with Crippen LogP contribution in [0.4, 0.5) is 0 Å². The molecule has 0 fully saturated rings. The monoisotopic (exact) mass is 307 g/mol. The second-order valence-electron chi connectivity index (χ2n) is 5.20. The summed E-state index contributed by atoms with van der Waals surface area (Å²) in [5.74, 6) is -0.594. The molecule has 1 N–H and O–H groups in total. The van der Waals surface area contributed by atoms with E-state index < -0.39 is 5.54 Å². The van der Waals surface area contributed by atoms with E-state index in [9.17, 15) is 9.59 Å². The van der Waals surface area contributed by atoms with Crippen LogP contribution in [-0.2, 0) is 25.5 Å². The highest BCUT2D eigenvalue weighted by Crippen LogP contribution is 2.15. The summed E-state index contributed by atoms with van der Waals surface area (Å²) < 4.78 is 10.1. The number of nitrogens with one attached hydrogen (secondary N) is 1. The fourth-order valence-electron chi connectivity index (χ4n) is 2.17. The minimum Gasteiger partial charge on any atom is -0.466 e. The molecule has 0 saturated carbocycles. The van der Waals surface area contributed by atoms with E-state index in [2.05, 4.69) is 5.32 Å². The minimum absolute atomic E-state index is 0.220. The molecule has 1 atom stereocenters. The third kappa shape index (κ3) is 5.85. The molecule has 1 rings (SSSR count). The predicted molar refractivity (Wildman–Crippen MR) is 84.4 cm³/mol. The molecule has 0 saturated heterocycles. The van der Waals surface area contributed by atoms with Gasteiger partial charge in [0.1, 0.15) is 5.54 Å². The van der Waals surface area contributed by atoms with Crippen molar-refractivity contribution in [3.8, 4) is 0 Å². The van der Waals surface area contributed by atoms with Crippen LogP contribution in [0.25, 0.3) is 0 Å². The first kappa shape index (κ1) is 18.2. The molecule has 0 aliphatic carbocycles. The Morgan fingerprint density at radius 1 is 1.09 bits per heavy atom. The van der Waals surface area contributed by atoms with Crippen LogP contribution in [-0.4, -0.2) is 37.2 Å². The standard InChI is InChI=1S/C17H25NO4/c1-4-21-15(19)11-12-18-17(3,16(20)22-5-2)13-14-9-7-6-8-10-14/h6-10,18H,4-5,11-13H2,1-3H3. The summed E-state index contributed by atoms with van der Waals surface area (Å²) in [5, 5.41) is 3.14. The number of ether oxygens (including phenoxy) is 2. The molecule has 0 spiro atoms. The molecule has 0 aromatic heterocycles. The first-order chi connectivity index (χ1) is 10.5. The van der Waals surface area contributed by atoms with Gasteiger partial charge in [0, 0.05) is 13.0 Å². The minimum atomic E-state index is -0.871. The number of rotatable bonds is 9. The molecule has 1 aromatic rings. The third-order valence-corrected chi connectivity index (χ3v) is 3.28. The Morgan fingerprint density at radius 3 is 2.32 bits per heavy atom. The molecule has 5 heteroatoms. The lowest BCUT2D eigenvalue weighted by Gasteiger charge is -2.28. The molecule has 22 heavy (non-hydrogen) atoms. The van der Waals surface area contributed by atoms with Crippen molar-refractivity contribution in [2.75, 3.05) is 19.8 Å². The smallest absolute Gasteiger partial charge is 0.326 e. The van der Waals surface area contributed by atoms with Gasteiger partial charge in [-0.25, -0.2) is 0 Å². The molecule has 0 radical (unpaired) electrons. The van der Waals surface area contributed by atoms with E-state index in [1.807, 2.05) is 30.3 Å². The van der Waals surface area contributed by atoms with Crippen LogP contribution in [0.3, 0.4) is 0 Å². The van der Waals surface area contributed by atoms with E-state index in [1.165, 1.54) is 0 Å². The Labute approximate surface area is 132 Å². The first-order valence-corrected chi connectivity index (χ1v) is 7.63. The van der Waals surface area contributed by atoms with Crippen molar-refractivity contribution in [2.24, 2.45) is 0 Å². The highest BCUT2D eigenvalue weighted by molar-refractivity contribution is 5.81. The normalized spacial score (nSPS) is 13.2. The maximum Gasteiger partial charge on any atom is 0.326 e. The summed E-state index contributed by atoms with van der Waals surface area (Å²) in [6, 6.07) is 9.72. The van der Waals surface area contributed by atoms with Crippen molar-refractivity contribution in [1.29, 1.82) is 0 Å². The van der Waals surface area contributed by atoms with E-state index in [4.69, 9.17) is 9.47 Å². The molecule has 122 valence electrons. The van der Waals surface area contributed by atoms with Crippen LogP contribution in [0.5, 0.6) is 0 Å². The van der Waals surface area contributed by atoms with E-state index in [0.29, 0.717) is 26.2 Å². The highest BCUT2D eigenvalue weighted by atomic mass is 16.5. The topological polar surface area (TPSA) is 64.6 Å². The Bertz CT molecular complexity index is 475. The molecular weight excluding hydrogens is 282 g/mol. The largest absolute Gasteiger partial charge is 0.466 e. The SMILES string of the molecule is CCOC(=O)CCNC(C)(Cc1ccccc1)C(=O)OCC. The molecular formula is C17H25NO4. The van der Waals surface area contributed by atoms with Gasteiger partial charge in [0.25, 0.3) is 0 Å². The Morgan fingerprint density at radius 2 is 1.73 bits per heavy atom. The van der Waals surface area contributed by atoms with Crippen LogP contribution in [0, 0.1) is 0 Å². The van der Waals surface area contributed by atoms with Gasteiger partial charge in [-0.05, 0) is 26.3 Å². The zero-order valence-electron chi connectivity index (χ0n) is 13.6. The van der Waals surface area contributed by atoms with E-state index >= 15 is 0 Å². The van der Waals surface area contributed by atoms with Gasteiger partial charge < -0.3 is 14.8 Å². The Balaban J connectivity index is 2.70. The molecule has 1 aromatic carbocycles. The Hall–Kier alpha value is -1.88. The summed E-state index contributed by atoms with van der Waals surface area (Å²) in [4.78, 5) is 23.7. The van der Waals surface area contributed by atoms with Crippen LogP contribution in [0.1, 0.15) is 32.8 Å². The maximum absolute atomic E-state index is 12.3. The van der Waals surface area contributed by atoms with Gasteiger partial charge in [-0.2, -0.15) is 0 Å². The van der Waals surface area contributed by atoms with Crippen molar-refractivity contribution in [3.63, 3.8) is 0 Å². The van der Waals surface area contributed by atoms with Crippen LogP contribution < -0.4 is 5.32 Å². The Kier molecular flexibility index (Phi) is 7.60. The number of carbonyl (C=O) groups is 2. The lowest BCUT2D eigenvalue weighted by Crippen LogP contribution is -2.52. The molecule has 0 aliphatic rings. The second-order valence-corrected chi connectivity index (χ2v) is 5.20. The summed E-state index contributed by atoms with van der Waals surface area (Å²) in [7, 11) is 0. The number of carbonyl (C=O) groups excluding carboxylic acids is 2. The van der Waals surface area contributed by atoms with Crippen LogP contribution in [0.15, 0.2) is 30.3 Å². The van der Waals surface area contributed by atoms with Gasteiger partial charge >= 0.3 is 11.9 Å². The van der Waals surface area contributed by atoms with Gasteiger partial charge in [-0.15, -0.1) is 0 Å². The maximum atomic E-state index is 12.3. The van der Waals surface area contributed by atoms with Gasteiger partial charge in [0.2, 0.25) is 0 Å². The second kappa shape index (κ2) is 9.20. The molecule has 0 heterocycles. The molecule has 1 unspecified atom stereocenters. The fourth-order valence-corrected chi connectivity index (χ4v) is 2.17. The van der Waals surface area contributed by atoms with Gasteiger partial charge in [0.05, 0.1) is 19.6 Å². The van der Waals surface area contributed by atoms with Crippen molar-refractivity contribution in [3.05, 3.63) is 35.9 Å². The van der Waals surface area contributed by atoms with Crippen molar-refractivity contribution < 1.29 is 19.1 Å².